The van der Waals surface area contributed by atoms with E-state index in [9.17, 15) is 0 Å². The van der Waals surface area contributed by atoms with Crippen molar-refractivity contribution in [2.75, 3.05) is 32.1 Å². The third kappa shape index (κ3) is 3.27. The molecule has 1 unspecified atom stereocenters. The summed E-state index contributed by atoms with van der Waals surface area (Å²) in [5, 5.41) is 0. The first-order valence-corrected chi connectivity index (χ1v) is 7.52. The SMILES string of the molecule is CCCCN1CCCC1c1ccc(N(C)C)nc1C. The summed E-state index contributed by atoms with van der Waals surface area (Å²) in [6, 6.07) is 5.03. The summed E-state index contributed by atoms with van der Waals surface area (Å²) in [4.78, 5) is 9.44. The maximum atomic E-state index is 4.73. The average Bonchev–Trinajstić information content (AvgIpc) is 2.84. The molecule has 3 heteroatoms. The van der Waals surface area contributed by atoms with E-state index in [1.807, 2.05) is 14.1 Å². The van der Waals surface area contributed by atoms with E-state index >= 15 is 0 Å². The molecule has 1 saturated heterocycles. The Hall–Kier alpha value is -1.09. The second-order valence-corrected chi connectivity index (χ2v) is 5.79. The Kier molecular flexibility index (Phi) is 4.81. The first kappa shape index (κ1) is 14.3. The van der Waals surface area contributed by atoms with Gasteiger partial charge in [-0.25, -0.2) is 4.98 Å². The fourth-order valence-corrected chi connectivity index (χ4v) is 2.97. The van der Waals surface area contributed by atoms with Gasteiger partial charge in [0.05, 0.1) is 0 Å². The van der Waals surface area contributed by atoms with Crippen molar-refractivity contribution in [2.45, 2.75) is 45.6 Å². The van der Waals surface area contributed by atoms with Crippen LogP contribution in [0.15, 0.2) is 12.1 Å². The van der Waals surface area contributed by atoms with Gasteiger partial charge in [0, 0.05) is 25.8 Å². The molecule has 2 rings (SSSR count). The standard InChI is InChI=1S/C16H27N3/c1-5-6-11-19-12-7-8-15(19)14-9-10-16(18(3)4)17-13(14)2/h9-10,15H,5-8,11-12H2,1-4H3. The highest BCUT2D eigenvalue weighted by molar-refractivity contribution is 5.41. The van der Waals surface area contributed by atoms with Gasteiger partial charge >= 0.3 is 0 Å². The van der Waals surface area contributed by atoms with E-state index in [1.54, 1.807) is 0 Å². The topological polar surface area (TPSA) is 19.4 Å². The van der Waals surface area contributed by atoms with E-state index in [0.717, 1.165) is 5.82 Å². The normalized spacial score (nSPS) is 19.9. The Labute approximate surface area is 117 Å². The van der Waals surface area contributed by atoms with Crippen LogP contribution in [0.3, 0.4) is 0 Å². The third-order valence-corrected chi connectivity index (χ3v) is 4.09. The van der Waals surface area contributed by atoms with Crippen LogP contribution in [0.1, 0.15) is 49.9 Å². The largest absolute Gasteiger partial charge is 0.363 e. The summed E-state index contributed by atoms with van der Waals surface area (Å²) in [7, 11) is 4.09. The van der Waals surface area contributed by atoms with Crippen molar-refractivity contribution in [1.29, 1.82) is 0 Å². The van der Waals surface area contributed by atoms with Crippen LogP contribution < -0.4 is 4.90 Å². The maximum absolute atomic E-state index is 4.73. The van der Waals surface area contributed by atoms with Gasteiger partial charge in [-0.2, -0.15) is 0 Å². The molecule has 1 aromatic rings. The molecule has 0 bridgehead atoms. The van der Waals surface area contributed by atoms with Crippen LogP contribution in [0.25, 0.3) is 0 Å². The molecule has 0 aliphatic carbocycles. The molecule has 0 saturated carbocycles. The molecule has 1 fully saturated rings. The molecule has 3 nitrogen and oxygen atoms in total. The second kappa shape index (κ2) is 6.38. The number of aryl methyl sites for hydroxylation is 1. The Morgan fingerprint density at radius 2 is 2.16 bits per heavy atom. The van der Waals surface area contributed by atoms with Gasteiger partial charge in [-0.3, -0.25) is 4.90 Å². The van der Waals surface area contributed by atoms with Crippen LogP contribution in [0.4, 0.5) is 5.82 Å². The van der Waals surface area contributed by atoms with E-state index in [2.05, 4.69) is 35.8 Å². The number of likely N-dealkylation sites (tertiary alicyclic amines) is 1. The molecule has 106 valence electrons. The van der Waals surface area contributed by atoms with Crippen LogP contribution in [0, 0.1) is 6.92 Å². The van der Waals surface area contributed by atoms with Crippen molar-refractivity contribution in [1.82, 2.24) is 9.88 Å². The maximum Gasteiger partial charge on any atom is 0.128 e. The highest BCUT2D eigenvalue weighted by Gasteiger charge is 2.26. The highest BCUT2D eigenvalue weighted by Crippen LogP contribution is 2.33. The summed E-state index contributed by atoms with van der Waals surface area (Å²) in [6.07, 6.45) is 5.19. The molecule has 0 aromatic carbocycles. The van der Waals surface area contributed by atoms with Crippen LogP contribution in [-0.4, -0.2) is 37.1 Å². The molecule has 0 spiro atoms. The van der Waals surface area contributed by atoms with Gasteiger partial charge in [-0.05, 0) is 50.9 Å². The lowest BCUT2D eigenvalue weighted by molar-refractivity contribution is 0.252. The first-order chi connectivity index (χ1) is 9.13. The number of hydrogen-bond donors (Lipinski definition) is 0. The van der Waals surface area contributed by atoms with E-state index in [-0.39, 0.29) is 0 Å². The number of rotatable bonds is 5. The molecule has 19 heavy (non-hydrogen) atoms. The van der Waals surface area contributed by atoms with Gasteiger partial charge in [0.25, 0.3) is 0 Å². The number of anilines is 1. The Balaban J connectivity index is 2.16. The summed E-state index contributed by atoms with van der Waals surface area (Å²) in [6.45, 7) is 6.90. The molecular formula is C16H27N3. The predicted octanol–water partition coefficient (Wildman–Crippen LogP) is 3.39. The first-order valence-electron chi connectivity index (χ1n) is 7.52. The van der Waals surface area contributed by atoms with Gasteiger partial charge in [0.15, 0.2) is 0 Å². The molecule has 0 radical (unpaired) electrons. The number of unbranched alkanes of at least 4 members (excludes halogenated alkanes) is 1. The van der Waals surface area contributed by atoms with Crippen LogP contribution in [-0.2, 0) is 0 Å². The number of nitrogens with zero attached hydrogens (tertiary/aromatic N) is 3. The third-order valence-electron chi connectivity index (χ3n) is 4.09. The molecule has 0 N–H and O–H groups in total. The molecule has 2 heterocycles. The van der Waals surface area contributed by atoms with Gasteiger partial charge in [-0.1, -0.05) is 19.4 Å². The van der Waals surface area contributed by atoms with Crippen molar-refractivity contribution in [3.63, 3.8) is 0 Å². The van der Waals surface area contributed by atoms with E-state index < -0.39 is 0 Å². The van der Waals surface area contributed by atoms with Crippen molar-refractivity contribution in [2.24, 2.45) is 0 Å². The highest BCUT2D eigenvalue weighted by atomic mass is 15.2. The van der Waals surface area contributed by atoms with Gasteiger partial charge < -0.3 is 4.90 Å². The number of aromatic nitrogens is 1. The van der Waals surface area contributed by atoms with E-state index in [0.29, 0.717) is 6.04 Å². The fraction of sp³-hybridized carbons (Fsp3) is 0.688. The van der Waals surface area contributed by atoms with Gasteiger partial charge in [0.2, 0.25) is 0 Å². The number of hydrogen-bond acceptors (Lipinski definition) is 3. The van der Waals surface area contributed by atoms with Crippen molar-refractivity contribution in [3.05, 3.63) is 23.4 Å². The predicted molar refractivity (Wildman–Crippen MR) is 81.8 cm³/mol. The summed E-state index contributed by atoms with van der Waals surface area (Å²) < 4.78 is 0. The van der Waals surface area contributed by atoms with Crippen LogP contribution >= 0.6 is 0 Å². The Morgan fingerprint density at radius 1 is 1.37 bits per heavy atom. The average molecular weight is 261 g/mol. The monoisotopic (exact) mass is 261 g/mol. The lowest BCUT2D eigenvalue weighted by atomic mass is 10.0. The number of pyridine rings is 1. The zero-order valence-corrected chi connectivity index (χ0v) is 12.8. The summed E-state index contributed by atoms with van der Waals surface area (Å²) in [5.74, 6) is 1.05. The zero-order valence-electron chi connectivity index (χ0n) is 12.8. The Morgan fingerprint density at radius 3 is 2.79 bits per heavy atom. The summed E-state index contributed by atoms with van der Waals surface area (Å²) in [5.41, 5.74) is 2.62. The quantitative estimate of drug-likeness (QED) is 0.810. The van der Waals surface area contributed by atoms with Gasteiger partial charge in [-0.15, -0.1) is 0 Å². The minimum Gasteiger partial charge on any atom is -0.363 e. The zero-order chi connectivity index (χ0) is 13.8. The molecule has 1 atom stereocenters. The minimum atomic E-state index is 0.593. The fourth-order valence-electron chi connectivity index (χ4n) is 2.97. The molecular weight excluding hydrogens is 234 g/mol. The summed E-state index contributed by atoms with van der Waals surface area (Å²) >= 11 is 0. The molecule has 1 aliphatic rings. The Bertz CT molecular complexity index is 414. The smallest absolute Gasteiger partial charge is 0.128 e. The molecule has 0 amide bonds. The van der Waals surface area contributed by atoms with Crippen LogP contribution in [0.2, 0.25) is 0 Å². The molecule has 1 aliphatic heterocycles. The van der Waals surface area contributed by atoms with Crippen molar-refractivity contribution >= 4 is 5.82 Å². The van der Waals surface area contributed by atoms with Crippen LogP contribution in [0.5, 0.6) is 0 Å². The van der Waals surface area contributed by atoms with Crippen molar-refractivity contribution < 1.29 is 0 Å². The minimum absolute atomic E-state index is 0.593. The van der Waals surface area contributed by atoms with Crippen molar-refractivity contribution in [3.8, 4) is 0 Å². The van der Waals surface area contributed by atoms with E-state index in [4.69, 9.17) is 4.98 Å². The van der Waals surface area contributed by atoms with E-state index in [1.165, 1.54) is 50.0 Å². The lowest BCUT2D eigenvalue weighted by Crippen LogP contribution is -2.25. The molecule has 1 aromatic heterocycles. The second-order valence-electron chi connectivity index (χ2n) is 5.79. The van der Waals surface area contributed by atoms with Gasteiger partial charge in [0.1, 0.15) is 5.82 Å². The lowest BCUT2D eigenvalue weighted by Gasteiger charge is -2.26.